The lowest BCUT2D eigenvalue weighted by Gasteiger charge is -1.96. The minimum atomic E-state index is 0.185. The van der Waals surface area contributed by atoms with Crippen molar-refractivity contribution in [2.75, 3.05) is 0 Å². The molecule has 4 nitrogen and oxygen atoms in total. The first kappa shape index (κ1) is 13.6. The molecule has 4 rings (SSSR count). The van der Waals surface area contributed by atoms with Gasteiger partial charge in [-0.05, 0) is 43.7 Å². The van der Waals surface area contributed by atoms with E-state index in [1.807, 2.05) is 44.2 Å². The van der Waals surface area contributed by atoms with Gasteiger partial charge in [-0.2, -0.15) is 0 Å². The normalized spacial score (nSPS) is 16.2. The number of nitrogens with zero attached hydrogens (tertiary/aromatic N) is 1. The molecule has 1 aromatic carbocycles. The van der Waals surface area contributed by atoms with Crippen LogP contribution in [-0.4, -0.2) is 20.8 Å². The number of aromatic amines is 2. The number of nitrogens with one attached hydrogen (secondary N) is 2. The number of aliphatic hydroxyl groups is 1. The topological polar surface area (TPSA) is 64.2 Å². The monoisotopic (exact) mass is 303 g/mol. The summed E-state index contributed by atoms with van der Waals surface area (Å²) in [6.45, 7) is 4.05. The lowest BCUT2D eigenvalue weighted by molar-refractivity contribution is 0.426. The van der Waals surface area contributed by atoms with Crippen LogP contribution in [0.15, 0.2) is 58.9 Å². The van der Waals surface area contributed by atoms with Crippen LogP contribution in [0.3, 0.4) is 0 Å². The van der Waals surface area contributed by atoms with Gasteiger partial charge in [0, 0.05) is 28.4 Å². The average Bonchev–Trinajstić information content (AvgIpc) is 3.18. The summed E-state index contributed by atoms with van der Waals surface area (Å²) in [5.41, 5.74) is 6.48. The van der Waals surface area contributed by atoms with Crippen LogP contribution in [-0.2, 0) is 0 Å². The Kier molecular flexibility index (Phi) is 2.98. The molecule has 0 atom stereocenters. The fourth-order valence-electron chi connectivity index (χ4n) is 2.91. The van der Waals surface area contributed by atoms with E-state index < -0.39 is 0 Å². The van der Waals surface area contributed by atoms with Crippen molar-refractivity contribution in [1.82, 2.24) is 9.97 Å². The number of hydrogen-bond acceptors (Lipinski definition) is 2. The zero-order valence-corrected chi connectivity index (χ0v) is 13.0. The van der Waals surface area contributed by atoms with Gasteiger partial charge in [-0.1, -0.05) is 18.2 Å². The predicted molar refractivity (Wildman–Crippen MR) is 93.8 cm³/mol. The summed E-state index contributed by atoms with van der Waals surface area (Å²) in [6, 6.07) is 12.2. The highest BCUT2D eigenvalue weighted by atomic mass is 16.3. The SMILES string of the molecule is Cc1cc(C)c(C=C2N=C(c3cc4ccccc4[nH]3)C=C2O)[nH]1. The van der Waals surface area contributed by atoms with Crippen molar-refractivity contribution in [2.45, 2.75) is 13.8 Å². The maximum Gasteiger partial charge on any atom is 0.143 e. The molecule has 0 spiro atoms. The third-order valence-electron chi connectivity index (χ3n) is 4.05. The molecule has 1 aliphatic heterocycles. The van der Waals surface area contributed by atoms with E-state index in [0.717, 1.165) is 39.3 Å². The van der Waals surface area contributed by atoms with Gasteiger partial charge in [-0.15, -0.1) is 0 Å². The Balaban J connectivity index is 1.75. The Hall–Kier alpha value is -3.01. The molecule has 0 aliphatic carbocycles. The standard InChI is InChI=1S/C19H17N3O/c1-11-7-12(2)20-15(11)9-18-19(23)10-17(22-18)16-8-13-5-3-4-6-14(13)21-16/h3-10,20-21,23H,1-2H3. The number of para-hydroxylation sites is 1. The van der Waals surface area contributed by atoms with Crippen LogP contribution in [0.4, 0.5) is 0 Å². The first-order chi connectivity index (χ1) is 11.1. The zero-order chi connectivity index (χ0) is 16.0. The summed E-state index contributed by atoms with van der Waals surface area (Å²) in [5, 5.41) is 11.3. The van der Waals surface area contributed by atoms with Gasteiger partial charge < -0.3 is 15.1 Å². The smallest absolute Gasteiger partial charge is 0.143 e. The Morgan fingerprint density at radius 2 is 1.91 bits per heavy atom. The molecule has 114 valence electrons. The van der Waals surface area contributed by atoms with Crippen molar-refractivity contribution in [3.8, 4) is 0 Å². The molecule has 4 heteroatoms. The highest BCUT2D eigenvalue weighted by Crippen LogP contribution is 2.25. The molecule has 0 amide bonds. The number of benzene rings is 1. The molecule has 3 N–H and O–H groups in total. The second-order valence-corrected chi connectivity index (χ2v) is 5.88. The summed E-state index contributed by atoms with van der Waals surface area (Å²) in [7, 11) is 0. The molecule has 0 bridgehead atoms. The van der Waals surface area contributed by atoms with E-state index in [4.69, 9.17) is 0 Å². The van der Waals surface area contributed by atoms with Gasteiger partial charge >= 0.3 is 0 Å². The van der Waals surface area contributed by atoms with Crippen molar-refractivity contribution in [3.63, 3.8) is 0 Å². The number of aromatic nitrogens is 2. The maximum absolute atomic E-state index is 10.2. The lowest BCUT2D eigenvalue weighted by atomic mass is 10.2. The number of aliphatic hydroxyl groups excluding tert-OH is 1. The molecular weight excluding hydrogens is 286 g/mol. The molecule has 0 saturated heterocycles. The highest BCUT2D eigenvalue weighted by Gasteiger charge is 2.17. The zero-order valence-electron chi connectivity index (χ0n) is 13.0. The van der Waals surface area contributed by atoms with Crippen molar-refractivity contribution >= 4 is 22.7 Å². The summed E-state index contributed by atoms with van der Waals surface area (Å²) >= 11 is 0. The van der Waals surface area contributed by atoms with E-state index in [2.05, 4.69) is 27.1 Å². The van der Waals surface area contributed by atoms with Crippen LogP contribution in [0, 0.1) is 13.8 Å². The molecule has 0 radical (unpaired) electrons. The second kappa shape index (κ2) is 5.02. The van der Waals surface area contributed by atoms with Crippen molar-refractivity contribution < 1.29 is 5.11 Å². The van der Waals surface area contributed by atoms with Crippen LogP contribution in [0.2, 0.25) is 0 Å². The molecule has 1 aliphatic rings. The largest absolute Gasteiger partial charge is 0.506 e. The molecule has 2 aromatic heterocycles. The van der Waals surface area contributed by atoms with Crippen molar-refractivity contribution in [1.29, 1.82) is 0 Å². The van der Waals surface area contributed by atoms with Crippen LogP contribution < -0.4 is 0 Å². The number of hydrogen-bond donors (Lipinski definition) is 3. The fraction of sp³-hybridized carbons (Fsp3) is 0.105. The lowest BCUT2D eigenvalue weighted by Crippen LogP contribution is -1.93. The first-order valence-electron chi connectivity index (χ1n) is 7.56. The molecule has 23 heavy (non-hydrogen) atoms. The van der Waals surface area contributed by atoms with E-state index >= 15 is 0 Å². The van der Waals surface area contributed by atoms with E-state index in [9.17, 15) is 5.11 Å². The third-order valence-corrected chi connectivity index (χ3v) is 4.05. The summed E-state index contributed by atoms with van der Waals surface area (Å²) in [4.78, 5) is 11.2. The minimum absolute atomic E-state index is 0.185. The number of rotatable bonds is 2. The number of fused-ring (bicyclic) bond motifs is 1. The quantitative estimate of drug-likeness (QED) is 0.645. The van der Waals surface area contributed by atoms with Crippen molar-refractivity contribution in [3.05, 3.63) is 76.6 Å². The van der Waals surface area contributed by atoms with E-state index in [0.29, 0.717) is 5.70 Å². The van der Waals surface area contributed by atoms with Gasteiger partial charge in [0.1, 0.15) is 11.5 Å². The molecule has 0 fully saturated rings. The Bertz CT molecular complexity index is 966. The summed E-state index contributed by atoms with van der Waals surface area (Å²) in [6.07, 6.45) is 3.57. The molecule has 3 heterocycles. The minimum Gasteiger partial charge on any atom is -0.506 e. The molecule has 3 aromatic rings. The van der Waals surface area contributed by atoms with E-state index in [1.165, 1.54) is 0 Å². The van der Waals surface area contributed by atoms with Gasteiger partial charge in [0.15, 0.2) is 0 Å². The Morgan fingerprint density at radius 3 is 2.65 bits per heavy atom. The maximum atomic E-state index is 10.2. The van der Waals surface area contributed by atoms with Crippen LogP contribution in [0.5, 0.6) is 0 Å². The molecule has 0 unspecified atom stereocenters. The van der Waals surface area contributed by atoms with E-state index in [1.54, 1.807) is 6.08 Å². The van der Waals surface area contributed by atoms with Crippen LogP contribution >= 0.6 is 0 Å². The van der Waals surface area contributed by atoms with Crippen molar-refractivity contribution in [2.24, 2.45) is 4.99 Å². The Labute approximate surface area is 133 Å². The fourth-order valence-corrected chi connectivity index (χ4v) is 2.91. The van der Waals surface area contributed by atoms with E-state index in [-0.39, 0.29) is 5.76 Å². The predicted octanol–water partition coefficient (Wildman–Crippen LogP) is 4.40. The number of allylic oxidation sites excluding steroid dienone is 1. The number of H-pyrrole nitrogens is 2. The van der Waals surface area contributed by atoms with Gasteiger partial charge in [0.05, 0.1) is 11.4 Å². The Morgan fingerprint density at radius 1 is 1.09 bits per heavy atom. The van der Waals surface area contributed by atoms with Gasteiger partial charge in [0.2, 0.25) is 0 Å². The highest BCUT2D eigenvalue weighted by molar-refractivity contribution is 6.12. The van der Waals surface area contributed by atoms with Crippen LogP contribution in [0.1, 0.15) is 22.6 Å². The third kappa shape index (κ3) is 2.38. The summed E-state index contributed by atoms with van der Waals surface area (Å²) in [5.74, 6) is 0.185. The first-order valence-corrected chi connectivity index (χ1v) is 7.56. The number of aliphatic imine (C=N–C) groups is 1. The average molecular weight is 303 g/mol. The molecular formula is C19H17N3O. The van der Waals surface area contributed by atoms with Gasteiger partial charge in [-0.3, -0.25) is 0 Å². The summed E-state index contributed by atoms with van der Waals surface area (Å²) < 4.78 is 0. The second-order valence-electron chi connectivity index (χ2n) is 5.88. The number of aryl methyl sites for hydroxylation is 2. The van der Waals surface area contributed by atoms with Gasteiger partial charge in [0.25, 0.3) is 0 Å². The van der Waals surface area contributed by atoms with Crippen LogP contribution in [0.25, 0.3) is 17.0 Å². The molecule has 0 saturated carbocycles. The van der Waals surface area contributed by atoms with Gasteiger partial charge in [-0.25, -0.2) is 4.99 Å².